The first kappa shape index (κ1) is 13.8. The monoisotopic (exact) mass is 344 g/mol. The van der Waals surface area contributed by atoms with Crippen LogP contribution in [0.15, 0.2) is 28.9 Å². The molecule has 5 heteroatoms. The van der Waals surface area contributed by atoms with E-state index in [1.165, 1.54) is 0 Å². The lowest BCUT2D eigenvalue weighted by atomic mass is 10.1. The third-order valence-corrected chi connectivity index (χ3v) is 3.67. The minimum absolute atomic E-state index is 0.521. The van der Waals surface area contributed by atoms with Crippen LogP contribution in [0.4, 0.5) is 0 Å². The molecule has 0 spiro atoms. The fraction of sp³-hybridized carbons (Fsp3) is 0.231. The van der Waals surface area contributed by atoms with Gasteiger partial charge in [-0.1, -0.05) is 42.3 Å². The van der Waals surface area contributed by atoms with E-state index in [1.807, 2.05) is 18.2 Å². The first-order chi connectivity index (χ1) is 8.61. The molecular weight excluding hydrogens is 335 g/mol. The van der Waals surface area contributed by atoms with Crippen molar-refractivity contribution in [3.8, 4) is 11.3 Å². The van der Waals surface area contributed by atoms with Gasteiger partial charge in [-0.15, -0.1) is 0 Å². The smallest absolute Gasteiger partial charge is 0.130 e. The summed E-state index contributed by atoms with van der Waals surface area (Å²) < 4.78 is 0.756. The van der Waals surface area contributed by atoms with E-state index < -0.39 is 0 Å². The van der Waals surface area contributed by atoms with Gasteiger partial charge in [0.1, 0.15) is 10.4 Å². The van der Waals surface area contributed by atoms with Crippen molar-refractivity contribution in [1.29, 1.82) is 0 Å². The molecule has 0 aliphatic rings. The highest BCUT2D eigenvalue weighted by Crippen LogP contribution is 2.33. The van der Waals surface area contributed by atoms with E-state index in [1.54, 1.807) is 6.07 Å². The van der Waals surface area contributed by atoms with Crippen molar-refractivity contribution in [2.75, 3.05) is 0 Å². The molecule has 0 saturated heterocycles. The van der Waals surface area contributed by atoms with Crippen LogP contribution in [0.5, 0.6) is 0 Å². The zero-order valence-corrected chi connectivity index (χ0v) is 12.8. The fourth-order valence-electron chi connectivity index (χ4n) is 1.64. The number of halogens is 3. The Morgan fingerprint density at radius 3 is 2.72 bits per heavy atom. The Balaban J connectivity index is 2.53. The molecule has 0 aliphatic heterocycles. The Kier molecular flexibility index (Phi) is 4.60. The largest absolute Gasteiger partial charge is 0.233 e. The number of aromatic nitrogens is 2. The van der Waals surface area contributed by atoms with E-state index in [-0.39, 0.29) is 0 Å². The molecule has 18 heavy (non-hydrogen) atoms. The van der Waals surface area contributed by atoms with E-state index in [0.717, 1.165) is 34.5 Å². The molecule has 1 aromatic carbocycles. The highest BCUT2D eigenvalue weighted by Gasteiger charge is 2.10. The van der Waals surface area contributed by atoms with Crippen LogP contribution in [0.2, 0.25) is 10.0 Å². The molecule has 0 fully saturated rings. The first-order valence-corrected chi connectivity index (χ1v) is 7.14. The number of hydrogen-bond acceptors (Lipinski definition) is 2. The lowest BCUT2D eigenvalue weighted by molar-refractivity contribution is 0.831. The molecule has 0 aliphatic carbocycles. The van der Waals surface area contributed by atoms with Gasteiger partial charge in [-0.2, -0.15) is 0 Å². The zero-order valence-electron chi connectivity index (χ0n) is 9.75. The highest BCUT2D eigenvalue weighted by molar-refractivity contribution is 9.10. The average Bonchev–Trinajstić information content (AvgIpc) is 2.32. The minimum Gasteiger partial charge on any atom is -0.233 e. The lowest BCUT2D eigenvalue weighted by Crippen LogP contribution is -1.97. The summed E-state index contributed by atoms with van der Waals surface area (Å²) in [6.45, 7) is 2.09. The second-order valence-corrected chi connectivity index (χ2v) is 5.44. The van der Waals surface area contributed by atoms with E-state index in [9.17, 15) is 0 Å². The molecule has 0 atom stereocenters. The molecule has 2 nitrogen and oxygen atoms in total. The summed E-state index contributed by atoms with van der Waals surface area (Å²) in [7, 11) is 0. The molecule has 0 unspecified atom stereocenters. The molecule has 94 valence electrons. The van der Waals surface area contributed by atoms with Gasteiger partial charge in [0, 0.05) is 12.0 Å². The predicted molar refractivity (Wildman–Crippen MR) is 79.2 cm³/mol. The van der Waals surface area contributed by atoms with Crippen LogP contribution >= 0.6 is 39.1 Å². The maximum atomic E-state index is 6.20. The van der Waals surface area contributed by atoms with Crippen molar-refractivity contribution in [3.05, 3.63) is 44.7 Å². The molecule has 1 heterocycles. The standard InChI is InChI=1S/C13H11BrCl2N2/c1-2-4-12-17-10(7-11(14)18-12)8-5-3-6-9(15)13(8)16/h3,5-7H,2,4H2,1H3. The molecule has 1 aromatic heterocycles. The molecule has 0 N–H and O–H groups in total. The summed E-state index contributed by atoms with van der Waals surface area (Å²) in [6, 6.07) is 7.37. The number of benzene rings is 1. The van der Waals surface area contributed by atoms with Crippen LogP contribution in [-0.4, -0.2) is 9.97 Å². The van der Waals surface area contributed by atoms with Crippen molar-refractivity contribution < 1.29 is 0 Å². The summed E-state index contributed by atoms with van der Waals surface area (Å²) in [4.78, 5) is 8.84. The summed E-state index contributed by atoms with van der Waals surface area (Å²) >= 11 is 15.6. The molecule has 2 rings (SSSR count). The van der Waals surface area contributed by atoms with Gasteiger partial charge in [0.2, 0.25) is 0 Å². The third kappa shape index (κ3) is 3.02. The Morgan fingerprint density at radius 2 is 2.00 bits per heavy atom. The van der Waals surface area contributed by atoms with Gasteiger partial charge in [-0.05, 0) is 34.5 Å². The molecule has 0 saturated carbocycles. The molecule has 0 bridgehead atoms. The van der Waals surface area contributed by atoms with Crippen molar-refractivity contribution >= 4 is 39.1 Å². The summed E-state index contributed by atoms with van der Waals surface area (Å²) in [5.41, 5.74) is 1.61. The van der Waals surface area contributed by atoms with E-state index in [4.69, 9.17) is 23.2 Å². The number of rotatable bonds is 3. The van der Waals surface area contributed by atoms with Gasteiger partial charge in [-0.3, -0.25) is 0 Å². The van der Waals surface area contributed by atoms with Gasteiger partial charge in [-0.25, -0.2) is 9.97 Å². The zero-order chi connectivity index (χ0) is 13.1. The average molecular weight is 346 g/mol. The van der Waals surface area contributed by atoms with Crippen molar-refractivity contribution in [3.63, 3.8) is 0 Å². The molecule has 2 aromatic rings. The van der Waals surface area contributed by atoms with Crippen LogP contribution < -0.4 is 0 Å². The Morgan fingerprint density at radius 1 is 1.22 bits per heavy atom. The van der Waals surface area contributed by atoms with Gasteiger partial charge in [0.15, 0.2) is 0 Å². The van der Waals surface area contributed by atoms with Gasteiger partial charge < -0.3 is 0 Å². The number of nitrogens with zero attached hydrogens (tertiary/aromatic N) is 2. The van der Waals surface area contributed by atoms with Crippen LogP contribution in [0.3, 0.4) is 0 Å². The maximum Gasteiger partial charge on any atom is 0.130 e. The molecule has 0 radical (unpaired) electrons. The Hall–Kier alpha value is -0.640. The van der Waals surface area contributed by atoms with E-state index >= 15 is 0 Å². The van der Waals surface area contributed by atoms with Crippen LogP contribution in [0.1, 0.15) is 19.2 Å². The molecule has 0 amide bonds. The second kappa shape index (κ2) is 6.00. The minimum atomic E-state index is 0.521. The predicted octanol–water partition coefficient (Wildman–Crippen LogP) is 5.17. The highest BCUT2D eigenvalue weighted by atomic mass is 79.9. The number of hydrogen-bond donors (Lipinski definition) is 0. The third-order valence-electron chi connectivity index (χ3n) is 2.44. The van der Waals surface area contributed by atoms with E-state index in [0.29, 0.717) is 10.0 Å². The summed E-state index contributed by atoms with van der Waals surface area (Å²) in [5, 5.41) is 1.05. The first-order valence-electron chi connectivity index (χ1n) is 5.59. The summed E-state index contributed by atoms with van der Waals surface area (Å²) in [6.07, 6.45) is 1.84. The van der Waals surface area contributed by atoms with Crippen molar-refractivity contribution in [1.82, 2.24) is 9.97 Å². The molecular formula is C13H11BrCl2N2. The van der Waals surface area contributed by atoms with Crippen LogP contribution in [-0.2, 0) is 6.42 Å². The van der Waals surface area contributed by atoms with Crippen molar-refractivity contribution in [2.24, 2.45) is 0 Å². The Bertz CT molecular complexity index is 573. The maximum absolute atomic E-state index is 6.20. The van der Waals surface area contributed by atoms with Gasteiger partial charge in [0.25, 0.3) is 0 Å². The van der Waals surface area contributed by atoms with Gasteiger partial charge in [0.05, 0.1) is 15.7 Å². The Labute approximate surface area is 124 Å². The number of aryl methyl sites for hydroxylation is 1. The van der Waals surface area contributed by atoms with Crippen LogP contribution in [0, 0.1) is 0 Å². The lowest BCUT2D eigenvalue weighted by Gasteiger charge is -2.07. The second-order valence-electron chi connectivity index (χ2n) is 3.84. The van der Waals surface area contributed by atoms with Gasteiger partial charge >= 0.3 is 0 Å². The SMILES string of the molecule is CCCc1nc(Br)cc(-c2cccc(Cl)c2Cl)n1. The van der Waals surface area contributed by atoms with Crippen molar-refractivity contribution in [2.45, 2.75) is 19.8 Å². The van der Waals surface area contributed by atoms with E-state index in [2.05, 4.69) is 32.8 Å². The summed E-state index contributed by atoms with van der Waals surface area (Å²) in [5.74, 6) is 0.804. The topological polar surface area (TPSA) is 25.8 Å². The quantitative estimate of drug-likeness (QED) is 0.717. The van der Waals surface area contributed by atoms with Crippen LogP contribution in [0.25, 0.3) is 11.3 Å². The fourth-order valence-corrected chi connectivity index (χ4v) is 2.46. The normalized spacial score (nSPS) is 10.7.